The van der Waals surface area contributed by atoms with Crippen molar-refractivity contribution in [3.63, 3.8) is 0 Å². The summed E-state index contributed by atoms with van der Waals surface area (Å²) in [5.41, 5.74) is 3.17. The topological polar surface area (TPSA) is 24.2 Å². The van der Waals surface area contributed by atoms with Crippen LogP contribution < -0.4 is 9.47 Å². The van der Waals surface area contributed by atoms with Gasteiger partial charge in [-0.05, 0) is 36.4 Å². The van der Waals surface area contributed by atoms with Gasteiger partial charge < -0.3 is 0 Å². The fourth-order valence-corrected chi connectivity index (χ4v) is 4.64. The number of rotatable bonds is 4. The van der Waals surface area contributed by atoms with E-state index < -0.39 is 0 Å². The van der Waals surface area contributed by atoms with Crippen molar-refractivity contribution in [2.45, 2.75) is 6.54 Å². The summed E-state index contributed by atoms with van der Waals surface area (Å²) in [5.74, 6) is 0.152. The van der Waals surface area contributed by atoms with Crippen LogP contribution in [0.2, 0.25) is 0 Å². The number of thiazole rings is 1. The molecule has 4 rings (SSSR count). The van der Waals surface area contributed by atoms with E-state index in [-0.39, 0.29) is 5.78 Å². The number of anilines is 1. The quantitative estimate of drug-likeness (QED) is 0.392. The number of nitrogens with zero attached hydrogens (tertiary/aromatic N) is 2. The van der Waals surface area contributed by atoms with E-state index in [1.165, 1.54) is 11.3 Å². The minimum Gasteiger partial charge on any atom is -0.290 e. The van der Waals surface area contributed by atoms with Gasteiger partial charge in [0.25, 0.3) is 0 Å². The molecule has 1 aliphatic rings. The molecule has 0 unspecified atom stereocenters. The second-order valence-electron chi connectivity index (χ2n) is 5.91. The zero-order chi connectivity index (χ0) is 17.4. The molecular weight excluding hydrogens is 464 g/mol. The van der Waals surface area contributed by atoms with Gasteiger partial charge in [-0.1, -0.05) is 55.3 Å². The summed E-state index contributed by atoms with van der Waals surface area (Å²) in [6, 6.07) is 15.9. The van der Waals surface area contributed by atoms with Crippen LogP contribution in [0.3, 0.4) is 0 Å². The van der Waals surface area contributed by atoms with Crippen LogP contribution >= 0.6 is 43.2 Å². The number of Topliss-reactive ketones (excluding diaryl/α,β-unsaturated/α-hetero) is 1. The molecule has 0 saturated heterocycles. The Bertz CT molecular complexity index is 920. The van der Waals surface area contributed by atoms with Crippen LogP contribution in [0.25, 0.3) is 11.3 Å². The molecule has 1 aromatic heterocycles. The van der Waals surface area contributed by atoms with Crippen LogP contribution in [0.1, 0.15) is 10.4 Å². The maximum atomic E-state index is 12.6. The van der Waals surface area contributed by atoms with E-state index in [2.05, 4.69) is 71.0 Å². The lowest BCUT2D eigenvalue weighted by Crippen LogP contribution is -2.31. The van der Waals surface area contributed by atoms with Gasteiger partial charge in [-0.2, -0.15) is 0 Å². The van der Waals surface area contributed by atoms with Crippen LogP contribution in [0.15, 0.2) is 62.9 Å². The largest absolute Gasteiger partial charge is 0.337 e. The van der Waals surface area contributed by atoms with E-state index in [0.717, 1.165) is 32.7 Å². The van der Waals surface area contributed by atoms with Crippen LogP contribution in [-0.4, -0.2) is 18.9 Å². The highest BCUT2D eigenvalue weighted by molar-refractivity contribution is 9.10. The van der Waals surface area contributed by atoms with Crippen LogP contribution in [0.5, 0.6) is 0 Å². The Morgan fingerprint density at radius 2 is 1.68 bits per heavy atom. The first kappa shape index (κ1) is 16.9. The molecule has 2 aromatic carbocycles. The Morgan fingerprint density at radius 3 is 2.36 bits per heavy atom. The van der Waals surface area contributed by atoms with E-state index in [4.69, 9.17) is 0 Å². The Kier molecular flexibility index (Phi) is 4.75. The smallest absolute Gasteiger partial charge is 0.290 e. The summed E-state index contributed by atoms with van der Waals surface area (Å²) in [5, 5.41) is 3.33. The lowest BCUT2D eigenvalue weighted by atomic mass is 10.1. The number of carbonyl (C=O) groups excluding carboxylic acids is 1. The average Bonchev–Trinajstić information content (AvgIpc) is 3.19. The molecule has 0 amide bonds. The Morgan fingerprint density at radius 1 is 1.04 bits per heavy atom. The van der Waals surface area contributed by atoms with Crippen LogP contribution in [0, 0.1) is 0 Å². The minimum absolute atomic E-state index is 0.152. The number of hydrogen-bond acceptors (Lipinski definition) is 3. The Balaban J connectivity index is 1.55. The number of aromatic nitrogens is 1. The van der Waals surface area contributed by atoms with Gasteiger partial charge in [0.05, 0.1) is 0 Å². The molecule has 2 heterocycles. The van der Waals surface area contributed by atoms with E-state index in [0.29, 0.717) is 6.54 Å². The van der Waals surface area contributed by atoms with Crippen molar-refractivity contribution < 1.29 is 9.36 Å². The maximum absolute atomic E-state index is 12.6. The Labute approximate surface area is 167 Å². The van der Waals surface area contributed by atoms with E-state index in [9.17, 15) is 4.79 Å². The van der Waals surface area contributed by atoms with Gasteiger partial charge in [0.1, 0.15) is 25.3 Å². The van der Waals surface area contributed by atoms with Crippen molar-refractivity contribution in [2.75, 3.05) is 18.0 Å². The number of ketones is 1. The molecule has 0 aliphatic carbocycles. The standard InChI is InChI=1S/C19H15Br2N2OS/c20-15-5-1-13(2-6-15)17-12-25-19-22(9-10-23(17)19)11-18(24)14-3-7-16(21)8-4-14/h1-8,12H,9-11H2/q+1. The van der Waals surface area contributed by atoms with Crippen LogP contribution in [-0.2, 0) is 6.54 Å². The third kappa shape index (κ3) is 3.43. The fraction of sp³-hybridized carbons (Fsp3) is 0.158. The Hall–Kier alpha value is -1.50. The lowest BCUT2D eigenvalue weighted by molar-refractivity contribution is -0.656. The lowest BCUT2D eigenvalue weighted by Gasteiger charge is -2.07. The molecule has 3 nitrogen and oxygen atoms in total. The van der Waals surface area contributed by atoms with Gasteiger partial charge in [0.15, 0.2) is 0 Å². The third-order valence-electron chi connectivity index (χ3n) is 4.30. The minimum atomic E-state index is 0.152. The molecule has 0 atom stereocenters. The van der Waals surface area contributed by atoms with Gasteiger partial charge in [0, 0.05) is 25.5 Å². The SMILES string of the molecule is O=C(CN1CC[n+]2c(-c3ccc(Br)cc3)csc21)c1ccc(Br)cc1. The van der Waals surface area contributed by atoms with Gasteiger partial charge in [-0.3, -0.25) is 4.79 Å². The number of hydrogen-bond donors (Lipinski definition) is 0. The number of benzene rings is 2. The van der Waals surface area contributed by atoms with Gasteiger partial charge in [0.2, 0.25) is 5.78 Å². The summed E-state index contributed by atoms with van der Waals surface area (Å²) >= 11 is 8.59. The normalized spacial score (nSPS) is 13.1. The first-order valence-corrected chi connectivity index (χ1v) is 10.4. The maximum Gasteiger partial charge on any atom is 0.337 e. The number of halogens is 2. The van der Waals surface area contributed by atoms with Crippen molar-refractivity contribution in [1.82, 2.24) is 0 Å². The highest BCUT2D eigenvalue weighted by Crippen LogP contribution is 2.29. The van der Waals surface area contributed by atoms with Crippen molar-refractivity contribution in [2.24, 2.45) is 0 Å². The molecule has 25 heavy (non-hydrogen) atoms. The molecule has 0 spiro atoms. The highest BCUT2D eigenvalue weighted by atomic mass is 79.9. The summed E-state index contributed by atoms with van der Waals surface area (Å²) in [6.07, 6.45) is 0. The second kappa shape index (κ2) is 7.02. The summed E-state index contributed by atoms with van der Waals surface area (Å²) < 4.78 is 4.37. The summed E-state index contributed by atoms with van der Waals surface area (Å²) in [6.45, 7) is 2.21. The molecule has 0 saturated carbocycles. The van der Waals surface area contributed by atoms with Gasteiger partial charge in [-0.25, -0.2) is 9.47 Å². The first-order chi connectivity index (χ1) is 12.1. The predicted molar refractivity (Wildman–Crippen MR) is 108 cm³/mol. The predicted octanol–water partition coefficient (Wildman–Crippen LogP) is 4.93. The van der Waals surface area contributed by atoms with Crippen molar-refractivity contribution in [3.8, 4) is 11.3 Å². The fourth-order valence-electron chi connectivity index (χ4n) is 3.01. The summed E-state index contributed by atoms with van der Waals surface area (Å²) in [4.78, 5) is 14.7. The van der Waals surface area contributed by atoms with Gasteiger partial charge >= 0.3 is 5.13 Å². The molecule has 3 aromatic rings. The summed E-state index contributed by atoms with van der Waals surface area (Å²) in [7, 11) is 0. The molecule has 0 bridgehead atoms. The van der Waals surface area contributed by atoms with E-state index >= 15 is 0 Å². The monoisotopic (exact) mass is 477 g/mol. The molecule has 126 valence electrons. The van der Waals surface area contributed by atoms with Gasteiger partial charge in [-0.15, -0.1) is 0 Å². The van der Waals surface area contributed by atoms with Crippen molar-refractivity contribution in [3.05, 3.63) is 68.4 Å². The average molecular weight is 479 g/mol. The second-order valence-corrected chi connectivity index (χ2v) is 8.58. The zero-order valence-electron chi connectivity index (χ0n) is 13.3. The number of fused-ring (bicyclic) bond motifs is 1. The van der Waals surface area contributed by atoms with Crippen molar-refractivity contribution in [1.29, 1.82) is 0 Å². The van der Waals surface area contributed by atoms with Crippen molar-refractivity contribution >= 4 is 54.1 Å². The molecule has 0 N–H and O–H groups in total. The number of carbonyl (C=O) groups is 1. The third-order valence-corrected chi connectivity index (χ3v) is 6.39. The highest BCUT2D eigenvalue weighted by Gasteiger charge is 2.33. The zero-order valence-corrected chi connectivity index (χ0v) is 17.3. The molecule has 0 fully saturated rings. The first-order valence-electron chi connectivity index (χ1n) is 7.93. The van der Waals surface area contributed by atoms with Crippen LogP contribution in [0.4, 0.5) is 5.13 Å². The molecular formula is C19H15Br2N2OS+. The molecule has 6 heteroatoms. The van der Waals surface area contributed by atoms with E-state index in [1.807, 2.05) is 24.3 Å². The molecule has 0 radical (unpaired) electrons. The molecule has 1 aliphatic heterocycles. The van der Waals surface area contributed by atoms with E-state index in [1.54, 1.807) is 11.3 Å².